The first-order valence-corrected chi connectivity index (χ1v) is 11.4. The third-order valence-electron chi connectivity index (χ3n) is 5.39. The first-order valence-electron chi connectivity index (χ1n) is 10.2. The minimum absolute atomic E-state index is 0.662. The Bertz CT molecular complexity index is 1520. The number of nitrogens with zero attached hydrogens (tertiary/aromatic N) is 3. The van der Waals surface area contributed by atoms with Gasteiger partial charge in [0.15, 0.2) is 17.5 Å². The second kappa shape index (κ2) is 7.83. The fourth-order valence-corrected chi connectivity index (χ4v) is 5.25. The molecule has 2 aromatic heterocycles. The van der Waals surface area contributed by atoms with Crippen molar-refractivity contribution in [1.29, 1.82) is 0 Å². The summed E-state index contributed by atoms with van der Waals surface area (Å²) in [4.78, 5) is 14.4. The maximum absolute atomic E-state index is 6.20. The van der Waals surface area contributed by atoms with E-state index >= 15 is 0 Å². The van der Waals surface area contributed by atoms with E-state index in [-0.39, 0.29) is 0 Å². The summed E-state index contributed by atoms with van der Waals surface area (Å²) in [6.07, 6.45) is 0. The van der Waals surface area contributed by atoms with Gasteiger partial charge in [0.05, 0.1) is 0 Å². The highest BCUT2D eigenvalue weighted by molar-refractivity contribution is 7.25. The highest BCUT2D eigenvalue weighted by Gasteiger charge is 2.13. The quantitative estimate of drug-likeness (QED) is 0.275. The molecule has 0 aliphatic heterocycles. The van der Waals surface area contributed by atoms with Crippen molar-refractivity contribution in [3.8, 4) is 34.2 Å². The largest absolute Gasteiger partial charge is 0.208 e. The summed E-state index contributed by atoms with van der Waals surface area (Å²) in [5, 5.41) is 3.18. The molecular formula is C27H16ClN3S. The predicted molar refractivity (Wildman–Crippen MR) is 134 cm³/mol. The van der Waals surface area contributed by atoms with Crippen molar-refractivity contribution < 1.29 is 0 Å². The van der Waals surface area contributed by atoms with E-state index in [0.717, 1.165) is 21.7 Å². The lowest BCUT2D eigenvalue weighted by molar-refractivity contribution is 1.07. The third-order valence-corrected chi connectivity index (χ3v) is 6.74. The van der Waals surface area contributed by atoms with E-state index in [2.05, 4.69) is 24.3 Å². The van der Waals surface area contributed by atoms with Crippen LogP contribution in [-0.2, 0) is 0 Å². The van der Waals surface area contributed by atoms with Crippen molar-refractivity contribution in [3.63, 3.8) is 0 Å². The van der Waals surface area contributed by atoms with Gasteiger partial charge in [-0.25, -0.2) is 15.0 Å². The Kier molecular flexibility index (Phi) is 4.67. The highest BCUT2D eigenvalue weighted by atomic mass is 35.5. The Morgan fingerprint density at radius 3 is 1.59 bits per heavy atom. The molecule has 0 radical (unpaired) electrons. The summed E-state index contributed by atoms with van der Waals surface area (Å²) in [5.41, 5.74) is 2.89. The molecule has 0 fully saturated rings. The predicted octanol–water partition coefficient (Wildman–Crippen LogP) is 7.89. The fraction of sp³-hybridized carbons (Fsp3) is 0. The normalized spacial score (nSPS) is 11.3. The maximum atomic E-state index is 6.20. The van der Waals surface area contributed by atoms with Crippen LogP contribution in [0, 0.1) is 0 Å². The van der Waals surface area contributed by atoms with Crippen LogP contribution in [0.2, 0.25) is 5.02 Å². The molecule has 0 unspecified atom stereocenters. The van der Waals surface area contributed by atoms with Gasteiger partial charge in [0.1, 0.15) is 0 Å². The molecule has 0 saturated carbocycles. The number of hydrogen-bond acceptors (Lipinski definition) is 4. The number of hydrogen-bond donors (Lipinski definition) is 0. The molecule has 0 aliphatic rings. The third kappa shape index (κ3) is 3.44. The van der Waals surface area contributed by atoms with Crippen molar-refractivity contribution >= 4 is 43.1 Å². The van der Waals surface area contributed by atoms with Crippen molar-refractivity contribution in [1.82, 2.24) is 15.0 Å². The zero-order valence-electron chi connectivity index (χ0n) is 16.9. The van der Waals surface area contributed by atoms with Crippen LogP contribution in [0.5, 0.6) is 0 Å². The van der Waals surface area contributed by atoms with Crippen molar-refractivity contribution in [2.24, 2.45) is 0 Å². The average Bonchev–Trinajstić information content (AvgIpc) is 3.21. The molecule has 0 spiro atoms. The topological polar surface area (TPSA) is 38.7 Å². The monoisotopic (exact) mass is 449 g/mol. The maximum Gasteiger partial charge on any atom is 0.164 e. The van der Waals surface area contributed by atoms with Crippen LogP contribution in [0.3, 0.4) is 0 Å². The minimum atomic E-state index is 0.662. The second-order valence-corrected chi connectivity index (χ2v) is 9.01. The lowest BCUT2D eigenvalue weighted by Gasteiger charge is -2.08. The van der Waals surface area contributed by atoms with Crippen LogP contribution < -0.4 is 0 Å². The summed E-state index contributed by atoms with van der Waals surface area (Å²) in [7, 11) is 0. The number of aromatic nitrogens is 3. The molecule has 6 aromatic rings. The summed E-state index contributed by atoms with van der Waals surface area (Å²) in [6.45, 7) is 0. The van der Waals surface area contributed by atoms with Gasteiger partial charge in [0, 0.05) is 41.9 Å². The molecule has 2 heterocycles. The van der Waals surface area contributed by atoms with Crippen LogP contribution in [0.15, 0.2) is 97.1 Å². The van der Waals surface area contributed by atoms with Gasteiger partial charge in [-0.1, -0.05) is 90.5 Å². The number of rotatable bonds is 3. The van der Waals surface area contributed by atoms with Crippen LogP contribution >= 0.6 is 22.9 Å². The molecular weight excluding hydrogens is 434 g/mol. The van der Waals surface area contributed by atoms with Crippen molar-refractivity contribution in [2.45, 2.75) is 0 Å². The summed E-state index contributed by atoms with van der Waals surface area (Å²) >= 11 is 7.93. The van der Waals surface area contributed by atoms with E-state index in [1.807, 2.05) is 72.8 Å². The van der Waals surface area contributed by atoms with E-state index in [0.29, 0.717) is 17.5 Å². The molecule has 0 bridgehead atoms. The van der Waals surface area contributed by atoms with Gasteiger partial charge in [0.2, 0.25) is 0 Å². The van der Waals surface area contributed by atoms with Crippen LogP contribution in [0.1, 0.15) is 0 Å². The van der Waals surface area contributed by atoms with Crippen molar-refractivity contribution in [3.05, 3.63) is 102 Å². The zero-order valence-corrected chi connectivity index (χ0v) is 18.4. The van der Waals surface area contributed by atoms with E-state index in [4.69, 9.17) is 26.6 Å². The molecule has 0 aliphatic carbocycles. The molecule has 3 nitrogen and oxygen atoms in total. The standard InChI is InChI=1S/C27H16ClN3S/c28-20-12-14-22-21-13-11-19(15-23(21)32-24(22)16-20)27-30-25(17-7-3-1-4-8-17)29-26(31-27)18-9-5-2-6-10-18/h1-16H. The fourth-order valence-electron chi connectivity index (χ4n) is 3.83. The molecule has 4 aromatic carbocycles. The Hall–Kier alpha value is -3.60. The zero-order chi connectivity index (χ0) is 21.5. The van der Waals surface area contributed by atoms with E-state index in [1.165, 1.54) is 20.2 Å². The SMILES string of the molecule is Clc1ccc2c(c1)sc1cc(-c3nc(-c4ccccc4)nc(-c4ccccc4)n3)ccc12. The van der Waals surface area contributed by atoms with Gasteiger partial charge >= 0.3 is 0 Å². The van der Waals surface area contributed by atoms with Crippen LogP contribution in [-0.4, -0.2) is 15.0 Å². The summed E-state index contributed by atoms with van der Waals surface area (Å²) in [6, 6.07) is 32.5. The van der Waals surface area contributed by atoms with Gasteiger partial charge in [-0.2, -0.15) is 0 Å². The van der Waals surface area contributed by atoms with Gasteiger partial charge in [0.25, 0.3) is 0 Å². The summed E-state index contributed by atoms with van der Waals surface area (Å²) < 4.78 is 2.36. The Morgan fingerprint density at radius 1 is 0.500 bits per heavy atom. The molecule has 0 amide bonds. The highest BCUT2D eigenvalue weighted by Crippen LogP contribution is 2.37. The summed E-state index contributed by atoms with van der Waals surface area (Å²) in [5.74, 6) is 1.99. The van der Waals surface area contributed by atoms with E-state index in [1.54, 1.807) is 11.3 Å². The minimum Gasteiger partial charge on any atom is -0.208 e. The molecule has 0 atom stereocenters. The lowest BCUT2D eigenvalue weighted by atomic mass is 10.1. The first-order chi connectivity index (χ1) is 15.7. The van der Waals surface area contributed by atoms with Gasteiger partial charge < -0.3 is 0 Å². The van der Waals surface area contributed by atoms with Crippen LogP contribution in [0.25, 0.3) is 54.3 Å². The van der Waals surface area contributed by atoms with E-state index in [9.17, 15) is 0 Å². The lowest BCUT2D eigenvalue weighted by Crippen LogP contribution is -1.99. The number of fused-ring (bicyclic) bond motifs is 3. The molecule has 152 valence electrons. The Labute approximate surface area is 194 Å². The van der Waals surface area contributed by atoms with Gasteiger partial charge in [-0.3, -0.25) is 0 Å². The van der Waals surface area contributed by atoms with Crippen molar-refractivity contribution in [2.75, 3.05) is 0 Å². The number of thiophene rings is 1. The van der Waals surface area contributed by atoms with E-state index < -0.39 is 0 Å². The number of benzene rings is 4. The molecule has 5 heteroatoms. The number of halogens is 1. The Balaban J connectivity index is 1.55. The molecule has 32 heavy (non-hydrogen) atoms. The smallest absolute Gasteiger partial charge is 0.164 e. The second-order valence-electron chi connectivity index (χ2n) is 7.49. The molecule has 0 N–H and O–H groups in total. The van der Waals surface area contributed by atoms with Gasteiger partial charge in [-0.05, 0) is 18.2 Å². The molecule has 0 saturated heterocycles. The average molecular weight is 450 g/mol. The first kappa shape index (κ1) is 19.1. The molecule has 6 rings (SSSR count). The van der Waals surface area contributed by atoms with Crippen LogP contribution in [0.4, 0.5) is 0 Å². The van der Waals surface area contributed by atoms with Gasteiger partial charge in [-0.15, -0.1) is 11.3 Å². The Morgan fingerprint density at radius 2 is 1.00 bits per heavy atom.